The van der Waals surface area contributed by atoms with Gasteiger partial charge >= 0.3 is 11.9 Å². The van der Waals surface area contributed by atoms with Crippen LogP contribution in [-0.2, 0) is 40.1 Å². The second-order valence-electron chi connectivity index (χ2n) is 21.7. The number of allylic oxidation sites excluding steroid dienone is 7. The van der Waals surface area contributed by atoms with E-state index in [0.717, 1.165) is 65.2 Å². The van der Waals surface area contributed by atoms with Crippen LogP contribution < -0.4 is 10.2 Å². The Labute approximate surface area is 462 Å². The number of rotatable bonds is 22. The fourth-order valence-electron chi connectivity index (χ4n) is 11.6. The number of unbranched alkanes of at least 4 members (excludes halogenated alkanes) is 2. The molecule has 2 aliphatic heterocycles. The van der Waals surface area contributed by atoms with Gasteiger partial charge < -0.3 is 20.1 Å². The van der Waals surface area contributed by atoms with Crippen LogP contribution in [0.4, 0.5) is 17.1 Å². The number of thioether (sulfide) groups is 1. The predicted octanol–water partition coefficient (Wildman–Crippen LogP) is 14.1. The minimum atomic E-state index is -4.11. The van der Waals surface area contributed by atoms with Crippen LogP contribution >= 0.6 is 11.8 Å². The second kappa shape index (κ2) is 24.4. The number of azide groups is 1. The van der Waals surface area contributed by atoms with Gasteiger partial charge in [-0.15, -0.1) is 0 Å². The standard InChI is InChI=1S/C62H70N6O8S2/c1-8-9-35-67-51-31-23-41-17-10-12-21-48(41)55(51)61(3,4)53(67)33-25-43-19-16-20-44(26-34-54-62(5,6)56-49-22-13-11-18-42(49)24-32-52(56)68(54)36-14-15-37-78(73,74)75)57(43)77-47-29-27-46(28-30-47)64-58(69)50(65-66-63)39-45(59(70)71)38-40(2)60(72)76-7/h10-13,17-18,21-34,40,45,50H,8-9,14-16,19-20,35-39H2,1-7H3,(H2-,64,69,70,71,73,74,75)/p+1. The van der Waals surface area contributed by atoms with Crippen molar-refractivity contribution in [2.24, 2.45) is 17.0 Å². The lowest BCUT2D eigenvalue weighted by atomic mass is 9.78. The van der Waals surface area contributed by atoms with Crippen molar-refractivity contribution in [2.75, 3.05) is 36.2 Å². The average molecular weight is 1090 g/mol. The molecule has 16 heteroatoms. The van der Waals surface area contributed by atoms with Crippen molar-refractivity contribution in [3.63, 3.8) is 0 Å². The molecule has 0 saturated carbocycles. The Kier molecular flexibility index (Phi) is 17.9. The first-order chi connectivity index (χ1) is 37.3. The molecule has 3 N–H and O–H groups in total. The van der Waals surface area contributed by atoms with Crippen LogP contribution in [0.2, 0.25) is 0 Å². The Morgan fingerprint density at radius 3 is 2.21 bits per heavy atom. The Balaban J connectivity index is 1.18. The molecule has 0 radical (unpaired) electrons. The largest absolute Gasteiger partial charge is 0.481 e. The van der Waals surface area contributed by atoms with Gasteiger partial charge in [0.25, 0.3) is 10.1 Å². The van der Waals surface area contributed by atoms with Crippen LogP contribution in [-0.4, -0.2) is 78.2 Å². The number of carbonyl (C=O) groups is 3. The number of fused-ring (bicyclic) bond motifs is 6. The summed E-state index contributed by atoms with van der Waals surface area (Å²) in [6.07, 6.45) is 14.3. The van der Waals surface area contributed by atoms with E-state index in [1.807, 2.05) is 18.2 Å². The number of hydrogen-bond donors (Lipinski definition) is 3. The molecule has 2 heterocycles. The molecule has 0 spiro atoms. The van der Waals surface area contributed by atoms with E-state index in [-0.39, 0.29) is 24.0 Å². The molecule has 1 aliphatic carbocycles. The number of hydrogen-bond acceptors (Lipinski definition) is 9. The number of nitrogens with one attached hydrogen (secondary N) is 1. The van der Waals surface area contributed by atoms with Crippen molar-refractivity contribution >= 4 is 84.0 Å². The Hall–Kier alpha value is -6.97. The van der Waals surface area contributed by atoms with E-state index in [2.05, 4.69) is 150 Å². The number of amides is 1. The molecule has 3 atom stereocenters. The van der Waals surface area contributed by atoms with Crippen LogP contribution in [0.3, 0.4) is 0 Å². The van der Waals surface area contributed by atoms with E-state index in [4.69, 9.17) is 4.74 Å². The highest BCUT2D eigenvalue weighted by molar-refractivity contribution is 8.03. The highest BCUT2D eigenvalue weighted by atomic mass is 32.2. The number of carbonyl (C=O) groups excluding carboxylic acids is 2. The van der Waals surface area contributed by atoms with E-state index in [1.165, 1.54) is 56.9 Å². The molecule has 78 heavy (non-hydrogen) atoms. The van der Waals surface area contributed by atoms with Crippen molar-refractivity contribution in [3.8, 4) is 0 Å². The molecule has 408 valence electrons. The zero-order valence-electron chi connectivity index (χ0n) is 45.7. The van der Waals surface area contributed by atoms with Crippen molar-refractivity contribution in [1.29, 1.82) is 0 Å². The summed E-state index contributed by atoms with van der Waals surface area (Å²) in [6.45, 7) is 14.4. The van der Waals surface area contributed by atoms with E-state index in [1.54, 1.807) is 30.8 Å². The van der Waals surface area contributed by atoms with Crippen molar-refractivity contribution in [2.45, 2.75) is 121 Å². The molecule has 3 aliphatic rings. The maximum absolute atomic E-state index is 13.6. The lowest BCUT2D eigenvalue weighted by molar-refractivity contribution is -0.438. The minimum Gasteiger partial charge on any atom is -0.481 e. The van der Waals surface area contributed by atoms with Gasteiger partial charge in [-0.1, -0.05) is 118 Å². The van der Waals surface area contributed by atoms with E-state index in [9.17, 15) is 38.0 Å². The molecule has 0 fully saturated rings. The fourth-order valence-corrected chi connectivity index (χ4v) is 13.3. The third-order valence-electron chi connectivity index (χ3n) is 15.6. The summed E-state index contributed by atoms with van der Waals surface area (Å²) < 4.78 is 40.2. The summed E-state index contributed by atoms with van der Waals surface area (Å²) in [5.74, 6) is -4.65. The molecular formula is C62H71N6O8S2+. The van der Waals surface area contributed by atoms with Gasteiger partial charge in [-0.2, -0.15) is 13.0 Å². The van der Waals surface area contributed by atoms with Gasteiger partial charge in [0.1, 0.15) is 12.6 Å². The SMILES string of the molecule is CCCCN1/C(=C/C=C2\CCCC(/C=C/C3=[N+](CCCCS(=O)(=O)O)c4ccc5ccccc5c4C3(C)C)=C2Sc2ccc(NC(=O)C(CC(CC(C)C(=O)OC)C(=O)O)N=[N+]=[N-])cc2)C(C)(C)c2c1ccc1ccccc21. The Bertz CT molecular complexity index is 3460. The van der Waals surface area contributed by atoms with Gasteiger partial charge in [-0.3, -0.25) is 18.9 Å². The van der Waals surface area contributed by atoms with Gasteiger partial charge in [0.2, 0.25) is 11.6 Å². The Morgan fingerprint density at radius 2 is 1.55 bits per heavy atom. The van der Waals surface area contributed by atoms with E-state index < -0.39 is 51.3 Å². The number of esters is 1. The van der Waals surface area contributed by atoms with Crippen molar-refractivity contribution < 1.29 is 41.8 Å². The molecule has 0 aromatic heterocycles. The number of benzene rings is 5. The molecule has 8 rings (SSSR count). The van der Waals surface area contributed by atoms with Gasteiger partial charge in [0, 0.05) is 67.9 Å². The molecule has 14 nitrogen and oxygen atoms in total. The fraction of sp³-hybridized carbons (Fsp3) is 0.387. The molecule has 3 unspecified atom stereocenters. The number of aliphatic carboxylic acids is 1. The first kappa shape index (κ1) is 57.2. The molecule has 0 bridgehead atoms. The van der Waals surface area contributed by atoms with Gasteiger partial charge in [-0.25, -0.2) is 0 Å². The van der Waals surface area contributed by atoms with Crippen molar-refractivity contribution in [1.82, 2.24) is 0 Å². The van der Waals surface area contributed by atoms with Crippen LogP contribution in [0.1, 0.15) is 110 Å². The second-order valence-corrected chi connectivity index (χ2v) is 24.4. The predicted molar refractivity (Wildman–Crippen MR) is 313 cm³/mol. The highest BCUT2D eigenvalue weighted by Gasteiger charge is 2.46. The number of carboxylic acid groups (broad SMARTS) is 1. The first-order valence-electron chi connectivity index (χ1n) is 27.0. The average Bonchev–Trinajstić information content (AvgIpc) is 4.06. The first-order valence-corrected chi connectivity index (χ1v) is 29.4. The number of carboxylic acids is 1. The summed E-state index contributed by atoms with van der Waals surface area (Å²) in [5.41, 5.74) is 18.7. The third-order valence-corrected chi connectivity index (χ3v) is 17.6. The lowest BCUT2D eigenvalue weighted by Crippen LogP contribution is -2.32. The lowest BCUT2D eigenvalue weighted by Gasteiger charge is -2.27. The number of ether oxygens (including phenoxy) is 1. The molecule has 1 amide bonds. The molecule has 5 aromatic carbocycles. The van der Waals surface area contributed by atoms with Crippen LogP contribution in [0.15, 0.2) is 153 Å². The van der Waals surface area contributed by atoms with Gasteiger partial charge in [-0.05, 0) is 145 Å². The number of nitrogens with zero attached hydrogens (tertiary/aromatic N) is 5. The maximum Gasteiger partial charge on any atom is 0.308 e. The molecular weight excluding hydrogens is 1020 g/mol. The summed E-state index contributed by atoms with van der Waals surface area (Å²) in [7, 11) is -2.88. The van der Waals surface area contributed by atoms with Gasteiger partial charge in [0.05, 0.1) is 30.1 Å². The molecule has 5 aromatic rings. The number of anilines is 2. The quantitative estimate of drug-likeness (QED) is 0.0114. The monoisotopic (exact) mass is 1090 g/mol. The van der Waals surface area contributed by atoms with Crippen LogP contribution in [0.5, 0.6) is 0 Å². The van der Waals surface area contributed by atoms with E-state index in [0.29, 0.717) is 25.1 Å². The topological polar surface area (TPSA) is 202 Å². The zero-order valence-corrected chi connectivity index (χ0v) is 47.3. The van der Waals surface area contributed by atoms with Crippen LogP contribution in [0, 0.1) is 11.8 Å². The summed E-state index contributed by atoms with van der Waals surface area (Å²) in [4.78, 5) is 45.4. The van der Waals surface area contributed by atoms with Crippen LogP contribution in [0.25, 0.3) is 32.0 Å². The summed E-state index contributed by atoms with van der Waals surface area (Å²) in [6, 6.07) is 31.9. The summed E-state index contributed by atoms with van der Waals surface area (Å²) in [5, 5.41) is 21.2. The van der Waals surface area contributed by atoms with Crippen molar-refractivity contribution in [3.05, 3.63) is 165 Å². The maximum atomic E-state index is 13.6. The smallest absolute Gasteiger partial charge is 0.308 e. The Morgan fingerprint density at radius 1 is 0.872 bits per heavy atom. The molecule has 0 saturated heterocycles. The van der Waals surface area contributed by atoms with Gasteiger partial charge in [0.15, 0.2) is 5.71 Å². The number of methoxy groups -OCH3 is 1. The highest BCUT2D eigenvalue weighted by Crippen LogP contribution is 2.52. The normalized spacial score (nSPS) is 18.1. The summed E-state index contributed by atoms with van der Waals surface area (Å²) >= 11 is 1.65. The third kappa shape index (κ3) is 12.5. The van der Waals surface area contributed by atoms with E-state index >= 15 is 0 Å². The zero-order chi connectivity index (χ0) is 55.9. The minimum absolute atomic E-state index is 0.0984.